The molecule has 0 bridgehead atoms. The van der Waals surface area contributed by atoms with Gasteiger partial charge in [0, 0.05) is 75.6 Å². The number of amides is 5. The molecule has 1 aromatic heterocycles. The van der Waals surface area contributed by atoms with Crippen LogP contribution in [0.1, 0.15) is 61.1 Å². The average molecular weight is 664 g/mol. The van der Waals surface area contributed by atoms with Crippen molar-refractivity contribution in [1.29, 1.82) is 0 Å². The zero-order valence-corrected chi connectivity index (χ0v) is 29.3. The molecule has 3 fully saturated rings. The van der Waals surface area contributed by atoms with Crippen molar-refractivity contribution in [3.8, 4) is 0 Å². The molecular weight excluding hydrogens is 611 g/mol. The second-order valence-electron chi connectivity index (χ2n) is 13.8. The van der Waals surface area contributed by atoms with Crippen LogP contribution in [0.25, 0.3) is 0 Å². The van der Waals surface area contributed by atoms with Crippen molar-refractivity contribution < 1.29 is 14.4 Å². The summed E-state index contributed by atoms with van der Waals surface area (Å²) in [7, 11) is 2.19. The number of likely N-dealkylation sites (tertiary alicyclic amines) is 2. The summed E-state index contributed by atoms with van der Waals surface area (Å²) in [6, 6.07) is 8.34. The monoisotopic (exact) mass is 663 g/mol. The average Bonchev–Trinajstić information content (AvgIpc) is 3.48. The maximum Gasteiger partial charge on any atom is 0.322 e. The summed E-state index contributed by atoms with van der Waals surface area (Å²) in [6.45, 7) is 11.6. The predicted octanol–water partition coefficient (Wildman–Crippen LogP) is 4.29. The normalized spacial score (nSPS) is 21.3. The molecule has 10 nitrogen and oxygen atoms in total. The third-order valence-corrected chi connectivity index (χ3v) is 11.9. The van der Waals surface area contributed by atoms with Gasteiger partial charge in [-0.25, -0.2) is 9.59 Å². The highest BCUT2D eigenvalue weighted by atomic mass is 32.1. The first-order valence-corrected chi connectivity index (χ1v) is 18.7. The van der Waals surface area contributed by atoms with Crippen molar-refractivity contribution in [2.24, 2.45) is 0 Å². The molecule has 0 saturated carbocycles. The van der Waals surface area contributed by atoms with Crippen LogP contribution >= 0.6 is 11.3 Å². The summed E-state index contributed by atoms with van der Waals surface area (Å²) >= 11 is 1.69. The molecule has 1 atom stereocenters. The number of nitrogens with one attached hydrogen (secondary N) is 2. The van der Waals surface area contributed by atoms with Gasteiger partial charge < -0.3 is 30.2 Å². The number of hydrogen-bond acceptors (Lipinski definition) is 6. The van der Waals surface area contributed by atoms with Gasteiger partial charge >= 0.3 is 12.1 Å². The van der Waals surface area contributed by atoms with Gasteiger partial charge in [0.05, 0.1) is 5.69 Å². The van der Waals surface area contributed by atoms with Crippen LogP contribution in [0.4, 0.5) is 15.3 Å². The van der Waals surface area contributed by atoms with Crippen LogP contribution in [0.15, 0.2) is 29.6 Å². The fourth-order valence-corrected chi connectivity index (χ4v) is 8.75. The van der Waals surface area contributed by atoms with Crippen LogP contribution in [0.3, 0.4) is 0 Å². The van der Waals surface area contributed by atoms with Crippen molar-refractivity contribution in [2.75, 3.05) is 71.3 Å². The number of fused-ring (bicyclic) bond motifs is 1. The van der Waals surface area contributed by atoms with Crippen LogP contribution in [-0.2, 0) is 30.5 Å². The number of carbonyl (C=O) groups is 3. The molecule has 1 aromatic carbocycles. The number of benzene rings is 1. The third-order valence-electron chi connectivity index (χ3n) is 10.9. The molecule has 3 saturated heterocycles. The first kappa shape index (κ1) is 33.7. The van der Waals surface area contributed by atoms with Crippen molar-refractivity contribution in [3.63, 3.8) is 0 Å². The van der Waals surface area contributed by atoms with E-state index in [9.17, 15) is 14.4 Å². The molecule has 2 N–H and O–H groups in total. The number of hydrogen-bond donors (Lipinski definition) is 2. The van der Waals surface area contributed by atoms with Crippen LogP contribution in [0.2, 0.25) is 0 Å². The molecule has 0 unspecified atom stereocenters. The Kier molecular flexibility index (Phi) is 11.0. The fourth-order valence-electron chi connectivity index (χ4n) is 7.93. The van der Waals surface area contributed by atoms with Gasteiger partial charge in [-0.3, -0.25) is 9.69 Å². The summed E-state index contributed by atoms with van der Waals surface area (Å²) in [5.74, 6) is 0.0163. The molecule has 47 heavy (non-hydrogen) atoms. The third kappa shape index (κ3) is 7.95. The Morgan fingerprint density at radius 1 is 0.872 bits per heavy atom. The predicted molar refractivity (Wildman–Crippen MR) is 188 cm³/mol. The van der Waals surface area contributed by atoms with Gasteiger partial charge in [0.25, 0.3) is 0 Å². The van der Waals surface area contributed by atoms with E-state index in [1.165, 1.54) is 28.8 Å². The Morgan fingerprint density at radius 3 is 2.28 bits per heavy atom. The van der Waals surface area contributed by atoms with Crippen molar-refractivity contribution >= 4 is 35.0 Å². The number of urea groups is 2. The Bertz CT molecular complexity index is 1390. The largest absolute Gasteiger partial charge is 0.338 e. The molecule has 4 aliphatic rings. The van der Waals surface area contributed by atoms with Gasteiger partial charge in [-0.05, 0) is 86.8 Å². The van der Waals surface area contributed by atoms with E-state index in [1.807, 2.05) is 26.1 Å². The zero-order chi connectivity index (χ0) is 32.9. The molecule has 0 aliphatic carbocycles. The smallest absolute Gasteiger partial charge is 0.322 e. The molecule has 6 rings (SSSR count). The molecule has 5 heterocycles. The van der Waals surface area contributed by atoms with E-state index in [2.05, 4.69) is 59.5 Å². The first-order chi connectivity index (χ1) is 22.8. The van der Waals surface area contributed by atoms with E-state index >= 15 is 0 Å². The van der Waals surface area contributed by atoms with E-state index < -0.39 is 6.04 Å². The fraction of sp³-hybridized carbons (Fsp3) is 0.639. The number of piperazine rings is 1. The lowest BCUT2D eigenvalue weighted by molar-refractivity contribution is -0.135. The van der Waals surface area contributed by atoms with E-state index in [0.717, 1.165) is 69.5 Å². The zero-order valence-electron chi connectivity index (χ0n) is 28.5. The van der Waals surface area contributed by atoms with Crippen LogP contribution in [0, 0.1) is 0 Å². The lowest BCUT2D eigenvalue weighted by atomic mass is 9.96. The van der Waals surface area contributed by atoms with Gasteiger partial charge in [0.1, 0.15) is 6.04 Å². The number of nitrogens with zero attached hydrogens (tertiary/aromatic N) is 5. The summed E-state index contributed by atoms with van der Waals surface area (Å²) in [6.07, 6.45) is 7.07. The maximum absolute atomic E-state index is 14.1. The minimum atomic E-state index is -0.623. The number of anilines is 1. The molecule has 2 aromatic rings. The Hall–Kier alpha value is -3.15. The minimum Gasteiger partial charge on any atom is -0.338 e. The van der Waals surface area contributed by atoms with Gasteiger partial charge in [-0.2, -0.15) is 0 Å². The van der Waals surface area contributed by atoms with Crippen molar-refractivity contribution in [1.82, 2.24) is 29.8 Å². The second kappa shape index (κ2) is 15.4. The number of piperidine rings is 2. The van der Waals surface area contributed by atoms with Gasteiger partial charge in [0.15, 0.2) is 0 Å². The van der Waals surface area contributed by atoms with E-state index in [-0.39, 0.29) is 24.0 Å². The molecule has 0 radical (unpaired) electrons. The Labute approximate surface area is 284 Å². The van der Waals surface area contributed by atoms with Crippen LogP contribution in [0.5, 0.6) is 0 Å². The number of rotatable bonds is 8. The maximum atomic E-state index is 14.1. The second-order valence-corrected chi connectivity index (χ2v) is 14.8. The van der Waals surface area contributed by atoms with Crippen molar-refractivity contribution in [3.05, 3.63) is 51.2 Å². The highest BCUT2D eigenvalue weighted by Crippen LogP contribution is 2.28. The number of thiophene rings is 1. The van der Waals surface area contributed by atoms with E-state index in [0.29, 0.717) is 45.2 Å². The molecular formula is C36H53N7O3S. The standard InChI is InChI=1S/C36H53N7O3S/c1-4-27-7-6-26(24-28(27)5-2)25-32(34(44)41-21-19-40(20-22-41)29-8-14-39(3)15-9-29)38-35(45)42-16-10-30(11-17-42)43-18-12-33-31(13-23-47-33)37-36(43)46/h6-7,13,23-24,29-30,32H,4-5,8-12,14-22,25H2,1-3H3,(H,37,46)(H,38,45)/t32-/m1/s1. The lowest BCUT2D eigenvalue weighted by Gasteiger charge is -2.43. The minimum absolute atomic E-state index is 0.0163. The summed E-state index contributed by atoms with van der Waals surface area (Å²) in [5, 5.41) is 8.28. The number of carbonyl (C=O) groups excluding carboxylic acids is 3. The van der Waals surface area contributed by atoms with E-state index in [4.69, 9.17) is 0 Å². The van der Waals surface area contributed by atoms with Gasteiger partial charge in [0.2, 0.25) is 5.91 Å². The Morgan fingerprint density at radius 2 is 1.57 bits per heavy atom. The molecule has 5 amide bonds. The summed E-state index contributed by atoms with van der Waals surface area (Å²) < 4.78 is 0. The first-order valence-electron chi connectivity index (χ1n) is 17.8. The van der Waals surface area contributed by atoms with Crippen molar-refractivity contribution in [2.45, 2.75) is 83.3 Å². The van der Waals surface area contributed by atoms with E-state index in [1.54, 1.807) is 11.3 Å². The molecule has 11 heteroatoms. The SMILES string of the molecule is CCc1ccc(C[C@@H](NC(=O)N2CCC(N3CCc4sccc4NC3=O)CC2)C(=O)N2CCN(C3CCN(C)CC3)CC2)cc1CC. The van der Waals surface area contributed by atoms with Crippen LogP contribution in [-0.4, -0.2) is 127 Å². The summed E-state index contributed by atoms with van der Waals surface area (Å²) in [4.78, 5) is 52.8. The summed E-state index contributed by atoms with van der Waals surface area (Å²) in [5.41, 5.74) is 4.66. The van der Waals surface area contributed by atoms with Gasteiger partial charge in [-0.1, -0.05) is 32.0 Å². The Balaban J connectivity index is 1.08. The van der Waals surface area contributed by atoms with Gasteiger partial charge in [-0.15, -0.1) is 11.3 Å². The quantitative estimate of drug-likeness (QED) is 0.440. The highest BCUT2D eigenvalue weighted by molar-refractivity contribution is 7.10. The van der Waals surface area contributed by atoms with Crippen LogP contribution < -0.4 is 10.6 Å². The molecule has 256 valence electrons. The molecule has 4 aliphatic heterocycles. The highest BCUT2D eigenvalue weighted by Gasteiger charge is 2.35. The lowest BCUT2D eigenvalue weighted by Crippen LogP contribution is -2.59. The molecule has 0 spiro atoms. The number of aryl methyl sites for hydroxylation is 2. The topological polar surface area (TPSA) is 91.5 Å².